The van der Waals surface area contributed by atoms with Gasteiger partial charge in [0.15, 0.2) is 13.2 Å². The lowest BCUT2D eigenvalue weighted by molar-refractivity contribution is -0.139. The average Bonchev–Trinajstić information content (AvgIpc) is 3.35. The number of aryl methyl sites for hydroxylation is 1. The summed E-state index contributed by atoms with van der Waals surface area (Å²) in [6.45, 7) is 6.09. The molecule has 1 aliphatic heterocycles. The van der Waals surface area contributed by atoms with Gasteiger partial charge in [0.2, 0.25) is 5.82 Å². The first kappa shape index (κ1) is 24.4. The topological polar surface area (TPSA) is 94.8 Å². The number of piperidine rings is 1. The van der Waals surface area contributed by atoms with E-state index in [-0.39, 0.29) is 37.1 Å². The molecule has 8 nitrogen and oxygen atoms in total. The molecule has 2 atom stereocenters. The van der Waals surface area contributed by atoms with Crippen LogP contribution < -0.4 is 4.74 Å². The van der Waals surface area contributed by atoms with E-state index in [2.05, 4.69) is 30.9 Å². The quantitative estimate of drug-likeness (QED) is 0.429. The zero-order valence-electron chi connectivity index (χ0n) is 20.4. The number of aromatic nitrogens is 2. The Bertz CT molecular complexity index is 1130. The largest absolute Gasteiger partial charge is 0.484 e. The maximum absolute atomic E-state index is 12.6. The van der Waals surface area contributed by atoms with E-state index >= 15 is 0 Å². The van der Waals surface area contributed by atoms with Crippen LogP contribution >= 0.6 is 0 Å². The minimum Gasteiger partial charge on any atom is -0.484 e. The third-order valence-corrected chi connectivity index (χ3v) is 6.35. The highest BCUT2D eigenvalue weighted by atomic mass is 16.6. The maximum atomic E-state index is 12.6. The predicted octanol–water partition coefficient (Wildman–Crippen LogP) is 4.82. The molecule has 0 unspecified atom stereocenters. The molecule has 0 spiro atoms. The van der Waals surface area contributed by atoms with Gasteiger partial charge in [-0.25, -0.2) is 4.79 Å². The van der Waals surface area contributed by atoms with E-state index in [9.17, 15) is 9.59 Å². The molecule has 1 aromatic heterocycles. The van der Waals surface area contributed by atoms with Gasteiger partial charge in [0.05, 0.1) is 5.56 Å². The smallest absolute Gasteiger partial charge is 0.338 e. The Hall–Kier alpha value is -3.68. The van der Waals surface area contributed by atoms with Crippen LogP contribution in [0.1, 0.15) is 61.8 Å². The van der Waals surface area contributed by atoms with Crippen molar-refractivity contribution in [3.05, 3.63) is 65.5 Å². The number of likely N-dealkylation sites (tertiary alicyclic amines) is 1. The van der Waals surface area contributed by atoms with Crippen molar-refractivity contribution in [3.63, 3.8) is 0 Å². The number of ether oxygens (including phenoxy) is 2. The number of rotatable bonds is 8. The molecule has 35 heavy (non-hydrogen) atoms. The summed E-state index contributed by atoms with van der Waals surface area (Å²) in [4.78, 5) is 31.2. The van der Waals surface area contributed by atoms with E-state index in [1.165, 1.54) is 5.56 Å². The molecule has 3 aromatic rings. The molecule has 8 heteroatoms. The van der Waals surface area contributed by atoms with Crippen LogP contribution in [0.25, 0.3) is 11.4 Å². The molecule has 0 N–H and O–H groups in total. The van der Waals surface area contributed by atoms with E-state index in [1.807, 2.05) is 29.2 Å². The number of benzene rings is 2. The highest BCUT2D eigenvalue weighted by Crippen LogP contribution is 2.23. The van der Waals surface area contributed by atoms with Crippen LogP contribution in [0.3, 0.4) is 0 Å². The van der Waals surface area contributed by atoms with Gasteiger partial charge in [0, 0.05) is 17.6 Å². The molecule has 1 amide bonds. The van der Waals surface area contributed by atoms with Gasteiger partial charge in [-0.1, -0.05) is 36.3 Å². The van der Waals surface area contributed by atoms with Crippen LogP contribution in [0.5, 0.6) is 5.75 Å². The van der Waals surface area contributed by atoms with Gasteiger partial charge >= 0.3 is 5.97 Å². The molecule has 1 fully saturated rings. The molecule has 4 rings (SSSR count). The molecular weight excluding hydrogens is 446 g/mol. The molecule has 2 aromatic carbocycles. The van der Waals surface area contributed by atoms with E-state index in [0.29, 0.717) is 17.1 Å². The fourth-order valence-corrected chi connectivity index (χ4v) is 4.35. The number of amides is 1. The normalized spacial score (nSPS) is 17.7. The second-order valence-corrected chi connectivity index (χ2v) is 8.88. The molecule has 1 saturated heterocycles. The lowest BCUT2D eigenvalue weighted by atomic mass is 9.97. The van der Waals surface area contributed by atoms with Crippen molar-refractivity contribution in [1.29, 1.82) is 0 Å². The van der Waals surface area contributed by atoms with Crippen molar-refractivity contribution < 1.29 is 23.6 Å². The summed E-state index contributed by atoms with van der Waals surface area (Å²) in [5.41, 5.74) is 2.42. The number of hydrogen-bond acceptors (Lipinski definition) is 7. The average molecular weight is 478 g/mol. The Kier molecular flexibility index (Phi) is 7.80. The van der Waals surface area contributed by atoms with Crippen LogP contribution in [-0.4, -0.2) is 45.6 Å². The van der Waals surface area contributed by atoms with Crippen LogP contribution in [0.2, 0.25) is 0 Å². The first-order chi connectivity index (χ1) is 16.9. The summed E-state index contributed by atoms with van der Waals surface area (Å²) in [6, 6.07) is 14.9. The number of esters is 1. The van der Waals surface area contributed by atoms with E-state index in [0.717, 1.165) is 31.2 Å². The number of nitrogens with zero attached hydrogens (tertiary/aromatic N) is 3. The van der Waals surface area contributed by atoms with Gasteiger partial charge in [0.1, 0.15) is 5.75 Å². The van der Waals surface area contributed by atoms with Gasteiger partial charge in [-0.2, -0.15) is 4.98 Å². The first-order valence-electron chi connectivity index (χ1n) is 12.1. The van der Waals surface area contributed by atoms with Crippen molar-refractivity contribution in [2.24, 2.45) is 0 Å². The monoisotopic (exact) mass is 477 g/mol. The Morgan fingerprint density at radius 2 is 1.71 bits per heavy atom. The molecule has 0 aliphatic carbocycles. The highest BCUT2D eigenvalue weighted by molar-refractivity contribution is 5.89. The minimum atomic E-state index is -0.518. The van der Waals surface area contributed by atoms with Crippen molar-refractivity contribution in [3.8, 4) is 17.1 Å². The minimum absolute atomic E-state index is 0.0200. The number of carbonyl (C=O) groups excluding carboxylic acids is 2. The highest BCUT2D eigenvalue weighted by Gasteiger charge is 2.29. The third-order valence-electron chi connectivity index (χ3n) is 6.35. The fraction of sp³-hybridized carbons (Fsp3) is 0.407. The van der Waals surface area contributed by atoms with Gasteiger partial charge in [0.25, 0.3) is 11.8 Å². The summed E-state index contributed by atoms with van der Waals surface area (Å²) in [5.74, 6) is 0.641. The Morgan fingerprint density at radius 3 is 2.37 bits per heavy atom. The molecule has 0 radical (unpaired) electrons. The molecule has 0 saturated carbocycles. The lowest BCUT2D eigenvalue weighted by Gasteiger charge is -2.38. The van der Waals surface area contributed by atoms with Gasteiger partial charge in [-0.15, -0.1) is 0 Å². The van der Waals surface area contributed by atoms with Gasteiger partial charge in [-0.3, -0.25) is 4.79 Å². The summed E-state index contributed by atoms with van der Waals surface area (Å²) >= 11 is 0. The SMILES string of the molecule is CCc1ccc(-c2noc(COC(=O)c3ccc(OCC(=O)N4[C@H](C)CCC[C@@H]4C)cc3)n2)cc1. The molecular formula is C27H31N3O5. The van der Waals surface area contributed by atoms with E-state index < -0.39 is 5.97 Å². The molecule has 184 valence electrons. The standard InChI is InChI=1S/C27H31N3O5/c1-4-20-8-10-21(11-9-20)26-28-24(35-29-26)16-34-27(32)22-12-14-23(15-13-22)33-17-25(31)30-18(2)6-5-7-19(30)3/h8-15,18-19H,4-7,16-17H2,1-3H3/t18-,19+. The van der Waals surface area contributed by atoms with E-state index in [1.54, 1.807) is 24.3 Å². The lowest BCUT2D eigenvalue weighted by Crippen LogP contribution is -2.49. The first-order valence-corrected chi connectivity index (χ1v) is 12.1. The van der Waals surface area contributed by atoms with Crippen LogP contribution in [0, 0.1) is 0 Å². The van der Waals surface area contributed by atoms with Crippen molar-refractivity contribution in [2.45, 2.75) is 65.1 Å². The number of carbonyl (C=O) groups is 2. The summed E-state index contributed by atoms with van der Waals surface area (Å²) in [7, 11) is 0. The van der Waals surface area contributed by atoms with Gasteiger partial charge < -0.3 is 18.9 Å². The summed E-state index contributed by atoms with van der Waals surface area (Å²) in [6.07, 6.45) is 4.13. The van der Waals surface area contributed by atoms with Crippen LogP contribution in [0.15, 0.2) is 53.1 Å². The molecule has 2 heterocycles. The van der Waals surface area contributed by atoms with Crippen LogP contribution in [0.4, 0.5) is 0 Å². The zero-order chi connectivity index (χ0) is 24.8. The van der Waals surface area contributed by atoms with Crippen molar-refractivity contribution >= 4 is 11.9 Å². The molecule has 0 bridgehead atoms. The second kappa shape index (κ2) is 11.2. The second-order valence-electron chi connectivity index (χ2n) is 8.88. The van der Waals surface area contributed by atoms with Crippen molar-refractivity contribution in [2.75, 3.05) is 6.61 Å². The molecule has 1 aliphatic rings. The van der Waals surface area contributed by atoms with Crippen LogP contribution in [-0.2, 0) is 22.6 Å². The zero-order valence-corrected chi connectivity index (χ0v) is 20.4. The summed E-state index contributed by atoms with van der Waals surface area (Å²) < 4.78 is 16.2. The summed E-state index contributed by atoms with van der Waals surface area (Å²) in [5, 5.41) is 3.96. The number of hydrogen-bond donors (Lipinski definition) is 0. The van der Waals surface area contributed by atoms with Gasteiger partial charge in [-0.05, 0) is 69.4 Å². The Morgan fingerprint density at radius 1 is 1.03 bits per heavy atom. The predicted molar refractivity (Wildman–Crippen MR) is 130 cm³/mol. The van der Waals surface area contributed by atoms with Crippen molar-refractivity contribution in [1.82, 2.24) is 15.0 Å². The Labute approximate surface area is 205 Å². The fourth-order valence-electron chi connectivity index (χ4n) is 4.35. The third kappa shape index (κ3) is 6.07. The maximum Gasteiger partial charge on any atom is 0.338 e. The Balaban J connectivity index is 1.27. The van der Waals surface area contributed by atoms with E-state index in [4.69, 9.17) is 14.0 Å².